The largest absolute Gasteiger partial charge is 0.310 e. The van der Waals surface area contributed by atoms with Gasteiger partial charge in [-0.2, -0.15) is 0 Å². The summed E-state index contributed by atoms with van der Waals surface area (Å²) in [5, 5.41) is 3.16. The number of fused-ring (bicyclic) bond motifs is 1. The van der Waals surface area contributed by atoms with E-state index in [0.717, 1.165) is 16.7 Å². The lowest BCUT2D eigenvalue weighted by Gasteiger charge is -2.05. The lowest BCUT2D eigenvalue weighted by atomic mass is 10.0. The van der Waals surface area contributed by atoms with Crippen LogP contribution in [0.3, 0.4) is 0 Å². The molecule has 2 aromatic carbocycles. The van der Waals surface area contributed by atoms with Crippen LogP contribution >= 0.6 is 22.9 Å². The highest BCUT2D eigenvalue weighted by Crippen LogP contribution is 2.32. The molecule has 0 unspecified atom stereocenters. The number of rotatable bonds is 3. The SMILES string of the molecule is Cc1cc(-c2csc3nc(Cc4ccccc4F)[nH]c(=O)c23)ccc1Cl. The van der Waals surface area contributed by atoms with Crippen LogP contribution in [0.5, 0.6) is 0 Å². The maximum absolute atomic E-state index is 13.9. The number of aromatic amines is 1. The van der Waals surface area contributed by atoms with Gasteiger partial charge in [0.15, 0.2) is 0 Å². The second-order valence-corrected chi connectivity index (χ2v) is 7.34. The maximum Gasteiger partial charge on any atom is 0.260 e. The van der Waals surface area contributed by atoms with Crippen molar-refractivity contribution in [2.24, 2.45) is 0 Å². The Labute approximate surface area is 158 Å². The smallest absolute Gasteiger partial charge is 0.260 e. The first-order chi connectivity index (χ1) is 12.5. The second-order valence-electron chi connectivity index (χ2n) is 6.07. The van der Waals surface area contributed by atoms with Gasteiger partial charge in [0.25, 0.3) is 5.56 Å². The Morgan fingerprint density at radius 2 is 2.04 bits per heavy atom. The summed E-state index contributed by atoms with van der Waals surface area (Å²) in [6.07, 6.45) is 0.241. The fraction of sp³-hybridized carbons (Fsp3) is 0.100. The summed E-state index contributed by atoms with van der Waals surface area (Å²) in [6, 6.07) is 12.2. The fourth-order valence-corrected chi connectivity index (χ4v) is 4.01. The molecule has 130 valence electrons. The first-order valence-corrected chi connectivity index (χ1v) is 9.29. The minimum atomic E-state index is -0.307. The molecule has 0 radical (unpaired) electrons. The van der Waals surface area contributed by atoms with Crippen LogP contribution in [-0.2, 0) is 6.42 Å². The van der Waals surface area contributed by atoms with Gasteiger partial charge in [-0.25, -0.2) is 9.37 Å². The molecule has 2 aromatic heterocycles. The first-order valence-electron chi connectivity index (χ1n) is 8.03. The van der Waals surface area contributed by atoms with Gasteiger partial charge >= 0.3 is 0 Å². The summed E-state index contributed by atoms with van der Waals surface area (Å²) in [4.78, 5) is 20.6. The van der Waals surface area contributed by atoms with Crippen LogP contribution in [0, 0.1) is 12.7 Å². The number of aromatic nitrogens is 2. The van der Waals surface area contributed by atoms with Crippen LogP contribution in [0.4, 0.5) is 4.39 Å². The quantitative estimate of drug-likeness (QED) is 0.518. The molecule has 4 rings (SSSR count). The highest BCUT2D eigenvalue weighted by molar-refractivity contribution is 7.17. The molecule has 0 spiro atoms. The van der Waals surface area contributed by atoms with Crippen molar-refractivity contribution in [2.45, 2.75) is 13.3 Å². The first kappa shape index (κ1) is 16.9. The third kappa shape index (κ3) is 3.04. The molecule has 0 atom stereocenters. The molecule has 0 bridgehead atoms. The minimum Gasteiger partial charge on any atom is -0.310 e. The minimum absolute atomic E-state index is 0.217. The van der Waals surface area contributed by atoms with Crippen molar-refractivity contribution in [2.75, 3.05) is 0 Å². The molecule has 0 saturated carbocycles. The molecular formula is C20H14ClFN2OS. The summed E-state index contributed by atoms with van der Waals surface area (Å²) in [6.45, 7) is 1.93. The van der Waals surface area contributed by atoms with E-state index in [1.54, 1.807) is 18.2 Å². The fourth-order valence-electron chi connectivity index (χ4n) is 2.92. The van der Waals surface area contributed by atoms with Gasteiger partial charge in [0.05, 0.1) is 5.39 Å². The van der Waals surface area contributed by atoms with E-state index in [1.807, 2.05) is 30.5 Å². The van der Waals surface area contributed by atoms with Crippen LogP contribution in [0.1, 0.15) is 17.0 Å². The number of nitrogens with zero attached hydrogens (tertiary/aromatic N) is 1. The van der Waals surface area contributed by atoms with Crippen molar-refractivity contribution in [1.29, 1.82) is 0 Å². The number of hydrogen-bond acceptors (Lipinski definition) is 3. The molecule has 26 heavy (non-hydrogen) atoms. The zero-order valence-corrected chi connectivity index (χ0v) is 15.4. The monoisotopic (exact) mass is 384 g/mol. The summed E-state index contributed by atoms with van der Waals surface area (Å²) >= 11 is 7.50. The van der Waals surface area contributed by atoms with Gasteiger partial charge in [0, 0.05) is 22.4 Å². The zero-order valence-electron chi connectivity index (χ0n) is 13.8. The van der Waals surface area contributed by atoms with Gasteiger partial charge in [-0.05, 0) is 41.8 Å². The highest BCUT2D eigenvalue weighted by atomic mass is 35.5. The molecule has 0 saturated heterocycles. The number of hydrogen-bond donors (Lipinski definition) is 1. The van der Waals surface area contributed by atoms with Crippen LogP contribution < -0.4 is 5.56 Å². The zero-order chi connectivity index (χ0) is 18.3. The molecule has 3 nitrogen and oxygen atoms in total. The number of thiophene rings is 1. The van der Waals surface area contributed by atoms with Gasteiger partial charge in [-0.1, -0.05) is 35.9 Å². The van der Waals surface area contributed by atoms with Crippen molar-refractivity contribution < 1.29 is 4.39 Å². The van der Waals surface area contributed by atoms with Crippen molar-refractivity contribution >= 4 is 33.2 Å². The molecule has 0 amide bonds. The van der Waals surface area contributed by atoms with E-state index in [1.165, 1.54) is 17.4 Å². The molecule has 0 aliphatic rings. The third-order valence-electron chi connectivity index (χ3n) is 4.28. The Hall–Kier alpha value is -2.50. The van der Waals surface area contributed by atoms with Crippen molar-refractivity contribution in [1.82, 2.24) is 9.97 Å². The normalized spacial score (nSPS) is 11.2. The predicted octanol–water partition coefficient (Wildman–Crippen LogP) is 5.34. The van der Waals surface area contributed by atoms with E-state index in [4.69, 9.17) is 11.6 Å². The molecule has 1 N–H and O–H groups in total. The number of nitrogens with one attached hydrogen (secondary N) is 1. The van der Waals surface area contributed by atoms with Crippen molar-refractivity contribution in [3.63, 3.8) is 0 Å². The molecule has 0 aliphatic heterocycles. The van der Waals surface area contributed by atoms with Crippen LogP contribution in [0.15, 0.2) is 52.6 Å². The third-order valence-corrected chi connectivity index (χ3v) is 5.57. The molecular weight excluding hydrogens is 371 g/mol. The van der Waals surface area contributed by atoms with E-state index in [9.17, 15) is 9.18 Å². The van der Waals surface area contributed by atoms with Gasteiger partial charge in [-0.15, -0.1) is 11.3 Å². The van der Waals surface area contributed by atoms with Gasteiger partial charge < -0.3 is 4.98 Å². The van der Waals surface area contributed by atoms with E-state index >= 15 is 0 Å². The van der Waals surface area contributed by atoms with Crippen LogP contribution in [0.25, 0.3) is 21.3 Å². The van der Waals surface area contributed by atoms with Gasteiger partial charge in [0.2, 0.25) is 0 Å². The van der Waals surface area contributed by atoms with Crippen LogP contribution in [0.2, 0.25) is 5.02 Å². The Morgan fingerprint density at radius 3 is 2.81 bits per heavy atom. The lowest BCUT2D eigenvalue weighted by molar-refractivity contribution is 0.612. The number of aryl methyl sites for hydroxylation is 1. The number of benzene rings is 2. The molecule has 4 aromatic rings. The van der Waals surface area contributed by atoms with E-state index in [-0.39, 0.29) is 17.8 Å². The Morgan fingerprint density at radius 1 is 1.23 bits per heavy atom. The Bertz CT molecular complexity index is 1180. The summed E-state index contributed by atoms with van der Waals surface area (Å²) in [5.41, 5.74) is 2.98. The second kappa shape index (κ2) is 6.67. The van der Waals surface area contributed by atoms with E-state index < -0.39 is 0 Å². The number of H-pyrrole nitrogens is 1. The van der Waals surface area contributed by atoms with Crippen LogP contribution in [-0.4, -0.2) is 9.97 Å². The topological polar surface area (TPSA) is 45.8 Å². The number of halogens is 2. The van der Waals surface area contributed by atoms with E-state index in [2.05, 4.69) is 9.97 Å². The van der Waals surface area contributed by atoms with Gasteiger partial charge in [0.1, 0.15) is 16.5 Å². The average molecular weight is 385 g/mol. The molecule has 0 fully saturated rings. The highest BCUT2D eigenvalue weighted by Gasteiger charge is 2.14. The van der Waals surface area contributed by atoms with E-state index in [0.29, 0.717) is 26.6 Å². The summed E-state index contributed by atoms with van der Waals surface area (Å²) in [5.74, 6) is 0.145. The predicted molar refractivity (Wildman–Crippen MR) is 105 cm³/mol. The molecule has 6 heteroatoms. The van der Waals surface area contributed by atoms with Crippen molar-refractivity contribution in [3.05, 3.63) is 86.0 Å². The Balaban J connectivity index is 1.79. The molecule has 0 aliphatic carbocycles. The Kier molecular flexibility index (Phi) is 4.34. The summed E-state index contributed by atoms with van der Waals surface area (Å²) < 4.78 is 13.9. The standard InChI is InChI=1S/C20H14ClFN2OS/c1-11-8-12(6-7-15(11)21)14-10-26-20-18(14)19(25)23-17(24-20)9-13-4-2-3-5-16(13)22/h2-8,10H,9H2,1H3,(H,23,24,25). The van der Waals surface area contributed by atoms with Gasteiger partial charge in [-0.3, -0.25) is 4.79 Å². The molecule has 2 heterocycles. The lowest BCUT2D eigenvalue weighted by Crippen LogP contribution is -2.12. The van der Waals surface area contributed by atoms with Crippen molar-refractivity contribution in [3.8, 4) is 11.1 Å². The maximum atomic E-state index is 13.9. The average Bonchev–Trinajstić information content (AvgIpc) is 3.04. The summed E-state index contributed by atoms with van der Waals surface area (Å²) in [7, 11) is 0.